The summed E-state index contributed by atoms with van der Waals surface area (Å²) in [5.41, 5.74) is 1.89. The fraction of sp³-hybridized carbons (Fsp3) is 0.231. The molecule has 1 aliphatic heterocycles. The van der Waals surface area contributed by atoms with Gasteiger partial charge in [0.1, 0.15) is 6.04 Å². The van der Waals surface area contributed by atoms with Crippen molar-refractivity contribution in [2.75, 3.05) is 17.2 Å². The van der Waals surface area contributed by atoms with Crippen LogP contribution in [0.15, 0.2) is 83.8 Å². The van der Waals surface area contributed by atoms with E-state index < -0.39 is 22.1 Å². The molecular formula is C26H27ClN4O4S. The van der Waals surface area contributed by atoms with Crippen LogP contribution in [0, 0.1) is 0 Å². The van der Waals surface area contributed by atoms with Crippen LogP contribution in [0.4, 0.5) is 16.2 Å². The molecule has 1 saturated heterocycles. The monoisotopic (exact) mass is 526 g/mol. The van der Waals surface area contributed by atoms with Gasteiger partial charge in [-0.3, -0.25) is 4.79 Å². The number of carbonyl (C=O) groups is 2. The van der Waals surface area contributed by atoms with Crippen molar-refractivity contribution < 1.29 is 18.0 Å². The van der Waals surface area contributed by atoms with Crippen molar-refractivity contribution in [1.29, 1.82) is 0 Å². The highest BCUT2D eigenvalue weighted by atomic mass is 35.5. The first-order valence-corrected chi connectivity index (χ1v) is 13.4. The minimum absolute atomic E-state index is 0.000458. The highest BCUT2D eigenvalue weighted by Gasteiger charge is 2.36. The van der Waals surface area contributed by atoms with Crippen LogP contribution in [0.25, 0.3) is 0 Å². The molecule has 1 aliphatic rings. The minimum Gasteiger partial charge on any atom is -0.355 e. The van der Waals surface area contributed by atoms with Crippen LogP contribution >= 0.6 is 11.6 Å². The zero-order chi connectivity index (χ0) is 25.5. The zero-order valence-corrected chi connectivity index (χ0v) is 21.1. The first-order chi connectivity index (χ1) is 17.3. The summed E-state index contributed by atoms with van der Waals surface area (Å²) in [6, 6.07) is 20.6. The number of anilines is 2. The molecular weight excluding hydrogens is 500 g/mol. The fourth-order valence-corrected chi connectivity index (χ4v) is 5.72. The summed E-state index contributed by atoms with van der Waals surface area (Å²) >= 11 is 5.95. The molecule has 1 heterocycles. The Morgan fingerprint density at radius 1 is 0.917 bits per heavy atom. The second-order valence-corrected chi connectivity index (χ2v) is 10.8. The largest absolute Gasteiger partial charge is 0.355 e. The summed E-state index contributed by atoms with van der Waals surface area (Å²) in [5.74, 6) is -0.305. The van der Waals surface area contributed by atoms with Gasteiger partial charge in [-0.05, 0) is 73.4 Å². The third-order valence-electron chi connectivity index (χ3n) is 5.86. The van der Waals surface area contributed by atoms with Crippen molar-refractivity contribution >= 4 is 44.9 Å². The van der Waals surface area contributed by atoms with Gasteiger partial charge >= 0.3 is 6.03 Å². The number of nitrogens with zero attached hydrogens (tertiary/aromatic N) is 1. The van der Waals surface area contributed by atoms with E-state index in [0.717, 1.165) is 12.8 Å². The molecule has 1 fully saturated rings. The van der Waals surface area contributed by atoms with E-state index in [0.29, 0.717) is 34.9 Å². The lowest BCUT2D eigenvalue weighted by Crippen LogP contribution is -2.48. The number of hydrogen-bond donors (Lipinski definition) is 3. The van der Waals surface area contributed by atoms with Crippen LogP contribution < -0.4 is 16.0 Å². The Morgan fingerprint density at radius 3 is 2.22 bits per heavy atom. The number of amides is 3. The highest BCUT2D eigenvalue weighted by Crippen LogP contribution is 2.26. The van der Waals surface area contributed by atoms with E-state index in [4.69, 9.17) is 11.6 Å². The van der Waals surface area contributed by atoms with E-state index >= 15 is 0 Å². The van der Waals surface area contributed by atoms with Gasteiger partial charge in [0.25, 0.3) is 0 Å². The molecule has 0 aliphatic carbocycles. The average Bonchev–Trinajstić information content (AvgIpc) is 3.08. The number of rotatable bonds is 7. The molecule has 0 unspecified atom stereocenters. The van der Waals surface area contributed by atoms with Crippen LogP contribution in [0.5, 0.6) is 0 Å². The second-order valence-electron chi connectivity index (χ2n) is 8.45. The molecule has 0 bridgehead atoms. The van der Waals surface area contributed by atoms with Crippen molar-refractivity contribution in [3.63, 3.8) is 0 Å². The van der Waals surface area contributed by atoms with Gasteiger partial charge in [-0.2, -0.15) is 4.31 Å². The van der Waals surface area contributed by atoms with Crippen LogP contribution in [0.3, 0.4) is 0 Å². The predicted octanol–water partition coefficient (Wildman–Crippen LogP) is 4.84. The summed E-state index contributed by atoms with van der Waals surface area (Å²) in [6.07, 6.45) is 1.95. The number of nitrogens with one attached hydrogen (secondary N) is 3. The van der Waals surface area contributed by atoms with Crippen molar-refractivity contribution in [1.82, 2.24) is 9.62 Å². The Hall–Kier alpha value is -3.40. The maximum absolute atomic E-state index is 13.6. The molecule has 0 aromatic heterocycles. The van der Waals surface area contributed by atoms with Gasteiger partial charge < -0.3 is 16.0 Å². The number of para-hydroxylation sites is 1. The first kappa shape index (κ1) is 25.7. The Labute approximate surface area is 215 Å². The van der Waals surface area contributed by atoms with Crippen molar-refractivity contribution in [3.8, 4) is 0 Å². The Balaban J connectivity index is 1.54. The summed E-state index contributed by atoms with van der Waals surface area (Å²) in [5, 5.41) is 8.74. The average molecular weight is 527 g/mol. The van der Waals surface area contributed by atoms with Crippen molar-refractivity contribution in [3.05, 3.63) is 89.4 Å². The molecule has 36 heavy (non-hydrogen) atoms. The van der Waals surface area contributed by atoms with Crippen LogP contribution in [0.2, 0.25) is 5.02 Å². The number of urea groups is 1. The Kier molecular flexibility index (Phi) is 8.25. The molecule has 188 valence electrons. The van der Waals surface area contributed by atoms with Gasteiger partial charge in [0.15, 0.2) is 0 Å². The first-order valence-electron chi connectivity index (χ1n) is 11.6. The maximum Gasteiger partial charge on any atom is 0.323 e. The van der Waals surface area contributed by atoms with Crippen molar-refractivity contribution in [2.24, 2.45) is 0 Å². The lowest BCUT2D eigenvalue weighted by molar-refractivity contribution is -0.124. The highest BCUT2D eigenvalue weighted by molar-refractivity contribution is 7.89. The van der Waals surface area contributed by atoms with E-state index in [1.54, 1.807) is 36.4 Å². The smallest absolute Gasteiger partial charge is 0.323 e. The third kappa shape index (κ3) is 6.42. The van der Waals surface area contributed by atoms with Gasteiger partial charge in [0.2, 0.25) is 15.9 Å². The Morgan fingerprint density at radius 2 is 1.56 bits per heavy atom. The summed E-state index contributed by atoms with van der Waals surface area (Å²) < 4.78 is 28.5. The third-order valence-corrected chi connectivity index (χ3v) is 7.98. The number of carbonyl (C=O) groups excluding carboxylic acids is 2. The number of halogens is 1. The maximum atomic E-state index is 13.6. The van der Waals surface area contributed by atoms with Gasteiger partial charge in [-0.1, -0.05) is 41.9 Å². The number of sulfonamides is 1. The summed E-state index contributed by atoms with van der Waals surface area (Å²) in [6.45, 7) is 0.523. The van der Waals surface area contributed by atoms with Crippen LogP contribution in [0.1, 0.15) is 24.8 Å². The fourth-order valence-electron chi connectivity index (χ4n) is 3.99. The molecule has 1 atom stereocenters. The predicted molar refractivity (Wildman–Crippen MR) is 140 cm³/mol. The molecule has 3 N–H and O–H groups in total. The molecule has 0 spiro atoms. The molecule has 0 radical (unpaired) electrons. The molecule has 4 rings (SSSR count). The molecule has 0 saturated carbocycles. The van der Waals surface area contributed by atoms with E-state index in [2.05, 4.69) is 16.0 Å². The van der Waals surface area contributed by atoms with Gasteiger partial charge in [0.05, 0.1) is 4.90 Å². The van der Waals surface area contributed by atoms with Gasteiger partial charge in [0, 0.05) is 29.5 Å². The van der Waals surface area contributed by atoms with E-state index in [9.17, 15) is 18.0 Å². The second kappa shape index (κ2) is 11.6. The molecule has 3 aromatic rings. The number of hydrogen-bond acceptors (Lipinski definition) is 4. The Bertz CT molecular complexity index is 1300. The molecule has 8 nitrogen and oxygen atoms in total. The van der Waals surface area contributed by atoms with E-state index in [1.807, 2.05) is 18.2 Å². The standard InChI is InChI=1S/C26H27ClN4O4S/c27-20-11-15-23(16-12-20)36(34,35)31(24-8-4-5-17-28-25(24)32)18-19-9-13-22(14-10-19)30-26(33)29-21-6-2-1-3-7-21/h1-3,6-7,9-16,24H,4-5,8,17-18H2,(H,28,32)(H2,29,30,33)/t24-/m1/s1. The van der Waals surface area contributed by atoms with Gasteiger partial charge in [-0.25, -0.2) is 13.2 Å². The lowest BCUT2D eigenvalue weighted by atomic mass is 10.1. The SMILES string of the molecule is O=C(Nc1ccccc1)Nc1ccc(CN([C@@H]2CCCCNC2=O)S(=O)(=O)c2ccc(Cl)cc2)cc1. The molecule has 3 amide bonds. The van der Waals surface area contributed by atoms with Crippen molar-refractivity contribution in [2.45, 2.75) is 36.7 Å². The summed E-state index contributed by atoms with van der Waals surface area (Å²) in [7, 11) is -3.99. The summed E-state index contributed by atoms with van der Waals surface area (Å²) in [4.78, 5) is 25.1. The normalized spacial score (nSPS) is 16.2. The minimum atomic E-state index is -3.99. The molecule has 10 heteroatoms. The quantitative estimate of drug-likeness (QED) is 0.409. The van der Waals surface area contributed by atoms with Gasteiger partial charge in [-0.15, -0.1) is 0 Å². The van der Waals surface area contributed by atoms with E-state index in [-0.39, 0.29) is 17.3 Å². The number of benzene rings is 3. The topological polar surface area (TPSA) is 108 Å². The van der Waals surface area contributed by atoms with Crippen LogP contribution in [-0.4, -0.2) is 37.2 Å². The molecule has 3 aromatic carbocycles. The lowest BCUT2D eigenvalue weighted by Gasteiger charge is -2.29. The van der Waals surface area contributed by atoms with Crippen LogP contribution in [-0.2, 0) is 21.4 Å². The van der Waals surface area contributed by atoms with E-state index in [1.165, 1.54) is 28.6 Å². The zero-order valence-electron chi connectivity index (χ0n) is 19.5.